The molecule has 4 N–H and O–H groups in total. The number of methoxy groups -OCH3 is 1. The predicted octanol–water partition coefficient (Wildman–Crippen LogP) is 2.47. The average molecular weight is 848 g/mol. The minimum Gasteiger partial charge on any atom is -0.497 e. The Balaban J connectivity index is 1.54. The number of rotatable bonds is 24. The molecule has 56 heavy (non-hydrogen) atoms. The fourth-order valence-electron chi connectivity index (χ4n) is 5.30. The lowest BCUT2D eigenvalue weighted by molar-refractivity contribution is -0.117. The molecular weight excluding hydrogens is 807 g/mol. The van der Waals surface area contributed by atoms with Gasteiger partial charge in [0.25, 0.3) is 20.0 Å². The van der Waals surface area contributed by atoms with Gasteiger partial charge >= 0.3 is 0 Å². The van der Waals surface area contributed by atoms with Crippen molar-refractivity contribution in [3.8, 4) is 5.75 Å². The van der Waals surface area contributed by atoms with E-state index in [1.165, 1.54) is 73.8 Å². The third kappa shape index (κ3) is 11.6. The molecule has 20 heteroatoms. The largest absolute Gasteiger partial charge is 0.497 e. The van der Waals surface area contributed by atoms with E-state index in [1.807, 2.05) is 0 Å². The van der Waals surface area contributed by atoms with Crippen molar-refractivity contribution in [3.63, 3.8) is 0 Å². The van der Waals surface area contributed by atoms with Crippen LogP contribution in [-0.4, -0.2) is 110 Å². The SMILES string of the molecule is COc1ccc(S(=O)(=O)N(CC(N)=O)c2ccc(N(CC(N)=O)S(=O)(=O)c3ccc(S(=O)CCOCCOCCOCCN=C=S)cc3)c3ccccc23)cc1. The van der Waals surface area contributed by atoms with Crippen LogP contribution in [0.3, 0.4) is 0 Å². The second-order valence-corrected chi connectivity index (χ2v) is 17.1. The zero-order valence-corrected chi connectivity index (χ0v) is 33.5. The molecule has 1 unspecified atom stereocenters. The van der Waals surface area contributed by atoms with Gasteiger partial charge in [0.1, 0.15) is 18.8 Å². The van der Waals surface area contributed by atoms with Crippen LogP contribution in [0, 0.1) is 0 Å². The number of anilines is 2. The van der Waals surface area contributed by atoms with Crippen molar-refractivity contribution in [2.24, 2.45) is 16.5 Å². The lowest BCUT2D eigenvalue weighted by Gasteiger charge is -2.28. The molecule has 0 aromatic heterocycles. The summed E-state index contributed by atoms with van der Waals surface area (Å²) in [6.45, 7) is 0.859. The van der Waals surface area contributed by atoms with Crippen molar-refractivity contribution in [2.45, 2.75) is 14.7 Å². The first-order valence-corrected chi connectivity index (χ1v) is 21.4. The van der Waals surface area contributed by atoms with Gasteiger partial charge in [0.2, 0.25) is 11.8 Å². The van der Waals surface area contributed by atoms with Crippen LogP contribution in [0.1, 0.15) is 0 Å². The van der Waals surface area contributed by atoms with E-state index in [-0.39, 0.29) is 50.9 Å². The molecule has 0 heterocycles. The number of nitrogens with zero attached hydrogens (tertiary/aromatic N) is 3. The average Bonchev–Trinajstić information content (AvgIpc) is 3.19. The van der Waals surface area contributed by atoms with Crippen molar-refractivity contribution >= 4 is 82.2 Å². The number of thiocarbonyl (C=S) groups is 1. The summed E-state index contributed by atoms with van der Waals surface area (Å²) in [6.07, 6.45) is 0. The molecular formula is C36H41N5O11S4. The Morgan fingerprint density at radius 1 is 0.696 bits per heavy atom. The number of aliphatic imine (C=N–C) groups is 1. The standard InChI is InChI=1S/C36H41N5O11S4/c1-49-27-6-10-29(11-7-27)55(45,46)40(24-35(37)42)33-14-15-34(32-5-3-2-4-31(32)33)41(25-36(38)43)56(47,48)30-12-8-28(9-13-30)54(44)23-22-52-21-20-51-19-18-50-17-16-39-26-53/h2-15H,16-25H2,1H3,(H2,37,42)(H2,38,43). The quantitative estimate of drug-likeness (QED) is 0.0589. The third-order valence-electron chi connectivity index (χ3n) is 7.91. The summed E-state index contributed by atoms with van der Waals surface area (Å²) in [7, 11) is -8.99. The fraction of sp³-hybridized carbons (Fsp3) is 0.306. The highest BCUT2D eigenvalue weighted by atomic mass is 32.2. The van der Waals surface area contributed by atoms with Crippen molar-refractivity contribution in [1.82, 2.24) is 0 Å². The first kappa shape index (κ1) is 43.9. The van der Waals surface area contributed by atoms with Gasteiger partial charge in [0, 0.05) is 15.7 Å². The van der Waals surface area contributed by atoms with Crippen molar-refractivity contribution in [2.75, 3.05) is 80.7 Å². The number of amides is 2. The number of fused-ring (bicyclic) bond motifs is 1. The monoisotopic (exact) mass is 847 g/mol. The molecule has 4 aromatic carbocycles. The van der Waals surface area contributed by atoms with Crippen molar-refractivity contribution in [3.05, 3.63) is 84.9 Å². The molecule has 0 radical (unpaired) electrons. The molecule has 0 bridgehead atoms. The molecule has 0 saturated carbocycles. The van der Waals surface area contributed by atoms with Crippen LogP contribution in [-0.2, 0) is 54.6 Å². The molecule has 300 valence electrons. The van der Waals surface area contributed by atoms with E-state index in [0.29, 0.717) is 43.6 Å². The molecule has 0 aliphatic rings. The molecule has 0 saturated heterocycles. The van der Waals surface area contributed by atoms with Crippen LogP contribution < -0.4 is 24.8 Å². The Labute approximate surface area is 332 Å². The maximum Gasteiger partial charge on any atom is 0.264 e. The summed E-state index contributed by atoms with van der Waals surface area (Å²) in [5, 5.41) is 2.70. The highest BCUT2D eigenvalue weighted by Crippen LogP contribution is 2.38. The van der Waals surface area contributed by atoms with Crippen LogP contribution in [0.15, 0.2) is 105 Å². The highest BCUT2D eigenvalue weighted by Gasteiger charge is 2.32. The number of carbonyl (C=O) groups excluding carboxylic acids is 2. The smallest absolute Gasteiger partial charge is 0.264 e. The molecule has 0 aliphatic heterocycles. The summed E-state index contributed by atoms with van der Waals surface area (Å²) in [4.78, 5) is 28.2. The minimum atomic E-state index is -4.50. The number of carbonyl (C=O) groups is 2. The summed E-state index contributed by atoms with van der Waals surface area (Å²) in [5.74, 6) is -1.36. The zero-order chi connectivity index (χ0) is 40.7. The topological polar surface area (TPSA) is 227 Å². The summed E-state index contributed by atoms with van der Waals surface area (Å²) >= 11 is 4.48. The van der Waals surface area contributed by atoms with Gasteiger partial charge in [-0.05, 0) is 72.9 Å². The van der Waals surface area contributed by atoms with Crippen molar-refractivity contribution in [1.29, 1.82) is 0 Å². The fourth-order valence-corrected chi connectivity index (χ4v) is 9.24. The van der Waals surface area contributed by atoms with Crippen LogP contribution in [0.5, 0.6) is 5.75 Å². The summed E-state index contributed by atoms with van der Waals surface area (Å²) in [6, 6.07) is 19.8. The maximum atomic E-state index is 14.2. The molecule has 16 nitrogen and oxygen atoms in total. The van der Waals surface area contributed by atoms with Gasteiger partial charge in [-0.3, -0.25) is 22.4 Å². The number of isothiocyanates is 1. The third-order valence-corrected chi connectivity index (χ3v) is 12.9. The Morgan fingerprint density at radius 2 is 1.14 bits per heavy atom. The number of benzene rings is 4. The minimum absolute atomic E-state index is 0.00193. The Hall–Kier alpha value is -4.79. The second-order valence-electron chi connectivity index (χ2n) is 11.6. The molecule has 0 aliphatic carbocycles. The van der Waals surface area contributed by atoms with E-state index < -0.39 is 55.8 Å². The molecule has 2 amide bonds. The van der Waals surface area contributed by atoms with Gasteiger partial charge in [-0.15, -0.1) is 0 Å². The first-order valence-electron chi connectivity index (χ1n) is 16.8. The van der Waals surface area contributed by atoms with Gasteiger partial charge in [0.05, 0.1) is 96.2 Å². The van der Waals surface area contributed by atoms with Gasteiger partial charge in [-0.2, -0.15) is 0 Å². The second kappa shape index (κ2) is 20.9. The Morgan fingerprint density at radius 3 is 1.59 bits per heavy atom. The molecule has 1 atom stereocenters. The molecule has 0 spiro atoms. The molecule has 0 fully saturated rings. The summed E-state index contributed by atoms with van der Waals surface area (Å²) < 4.78 is 92.1. The normalized spacial score (nSPS) is 12.1. The lowest BCUT2D eigenvalue weighted by atomic mass is 10.1. The van der Waals surface area contributed by atoms with E-state index in [4.69, 9.17) is 30.4 Å². The summed E-state index contributed by atoms with van der Waals surface area (Å²) in [5.41, 5.74) is 11.1. The maximum absolute atomic E-state index is 14.2. The molecule has 4 rings (SSSR count). The number of sulfonamides is 2. The predicted molar refractivity (Wildman–Crippen MR) is 214 cm³/mol. The van der Waals surface area contributed by atoms with Crippen LogP contribution in [0.4, 0.5) is 11.4 Å². The van der Waals surface area contributed by atoms with Gasteiger partial charge in [0.15, 0.2) is 0 Å². The first-order chi connectivity index (χ1) is 26.8. The number of hydrogen-bond acceptors (Lipinski definition) is 13. The van der Waals surface area contributed by atoms with Gasteiger partial charge in [-0.1, -0.05) is 24.3 Å². The van der Waals surface area contributed by atoms with Gasteiger partial charge in [-0.25, -0.2) is 21.8 Å². The van der Waals surface area contributed by atoms with Gasteiger partial charge < -0.3 is 30.4 Å². The van der Waals surface area contributed by atoms with E-state index in [0.717, 1.165) is 8.61 Å². The highest BCUT2D eigenvalue weighted by molar-refractivity contribution is 7.93. The number of hydrogen-bond donors (Lipinski definition) is 2. The van der Waals surface area contributed by atoms with Crippen LogP contribution in [0.25, 0.3) is 10.8 Å². The zero-order valence-electron chi connectivity index (χ0n) is 30.3. The van der Waals surface area contributed by atoms with Crippen LogP contribution in [0.2, 0.25) is 0 Å². The van der Waals surface area contributed by atoms with Crippen LogP contribution >= 0.6 is 12.2 Å². The van der Waals surface area contributed by atoms with E-state index in [9.17, 15) is 30.6 Å². The Kier molecular flexibility index (Phi) is 16.4. The van der Waals surface area contributed by atoms with E-state index >= 15 is 0 Å². The van der Waals surface area contributed by atoms with E-state index in [1.54, 1.807) is 18.2 Å². The van der Waals surface area contributed by atoms with E-state index in [2.05, 4.69) is 22.4 Å². The number of primary amides is 2. The number of ether oxygens (including phenoxy) is 4. The van der Waals surface area contributed by atoms with Crippen molar-refractivity contribution < 1.29 is 49.6 Å². The molecule has 4 aromatic rings. The Bertz CT molecular complexity index is 2270. The lowest BCUT2D eigenvalue weighted by Crippen LogP contribution is -2.39. The number of nitrogens with two attached hydrogens (primary N) is 2.